The third-order valence-corrected chi connectivity index (χ3v) is 2.47. The summed E-state index contributed by atoms with van der Waals surface area (Å²) in [6.45, 7) is 5.18. The third-order valence-electron chi connectivity index (χ3n) is 2.47. The van der Waals surface area contributed by atoms with Gasteiger partial charge in [-0.1, -0.05) is 13.8 Å². The minimum atomic E-state index is -0.0589. The molecule has 0 aromatic carbocycles. The van der Waals surface area contributed by atoms with Crippen LogP contribution in [0.25, 0.3) is 0 Å². The number of hydrogen-bond donors (Lipinski definition) is 1. The van der Waals surface area contributed by atoms with E-state index in [1.165, 1.54) is 0 Å². The fourth-order valence-electron chi connectivity index (χ4n) is 1.65. The molecule has 1 N–H and O–H groups in total. The van der Waals surface area contributed by atoms with Gasteiger partial charge in [-0.2, -0.15) is 0 Å². The number of aliphatic hydroxyl groups is 1. The first-order valence-corrected chi connectivity index (χ1v) is 5.20. The van der Waals surface area contributed by atoms with Crippen LogP contribution in [0.2, 0.25) is 0 Å². The molecule has 1 heterocycles. The number of nitrogens with zero attached hydrogens (tertiary/aromatic N) is 4. The molecule has 5 heteroatoms. The standard InChI is InChI=1S/C10H20N4O/c1-8(2)9(5-13(3)4)14-7-11-12-10(14)6-15/h7-9,15H,5-6H2,1-4H3. The van der Waals surface area contributed by atoms with Crippen LogP contribution in [0.3, 0.4) is 0 Å². The summed E-state index contributed by atoms with van der Waals surface area (Å²) in [4.78, 5) is 2.13. The molecule has 0 bridgehead atoms. The van der Waals surface area contributed by atoms with Gasteiger partial charge in [0.15, 0.2) is 5.82 Å². The number of likely N-dealkylation sites (N-methyl/N-ethyl adjacent to an activating group) is 1. The van der Waals surface area contributed by atoms with Gasteiger partial charge in [0, 0.05) is 6.54 Å². The van der Waals surface area contributed by atoms with Crippen molar-refractivity contribution in [2.45, 2.75) is 26.5 Å². The predicted molar refractivity (Wildman–Crippen MR) is 58.4 cm³/mol. The molecule has 0 aliphatic carbocycles. The van der Waals surface area contributed by atoms with Gasteiger partial charge in [-0.3, -0.25) is 0 Å². The van der Waals surface area contributed by atoms with E-state index in [0.717, 1.165) is 6.54 Å². The van der Waals surface area contributed by atoms with Gasteiger partial charge in [-0.05, 0) is 20.0 Å². The van der Waals surface area contributed by atoms with Crippen LogP contribution >= 0.6 is 0 Å². The van der Waals surface area contributed by atoms with Crippen LogP contribution in [-0.2, 0) is 6.61 Å². The maximum Gasteiger partial charge on any atom is 0.158 e. The van der Waals surface area contributed by atoms with Crippen molar-refractivity contribution in [3.8, 4) is 0 Å². The molecule has 5 nitrogen and oxygen atoms in total. The Morgan fingerprint density at radius 1 is 1.47 bits per heavy atom. The van der Waals surface area contributed by atoms with Crippen LogP contribution in [0.4, 0.5) is 0 Å². The SMILES string of the molecule is CC(C)C(CN(C)C)n1cnnc1CO. The molecular formula is C10H20N4O. The molecule has 86 valence electrons. The maximum absolute atomic E-state index is 9.14. The molecule has 1 unspecified atom stereocenters. The molecule has 0 saturated heterocycles. The normalized spacial score (nSPS) is 13.8. The molecule has 0 amide bonds. The second kappa shape index (κ2) is 5.23. The summed E-state index contributed by atoms with van der Waals surface area (Å²) < 4.78 is 1.96. The minimum absolute atomic E-state index is 0.0589. The van der Waals surface area contributed by atoms with Gasteiger partial charge in [0.05, 0.1) is 6.04 Å². The van der Waals surface area contributed by atoms with Crippen LogP contribution in [0, 0.1) is 5.92 Å². The zero-order valence-corrected chi connectivity index (χ0v) is 9.88. The van der Waals surface area contributed by atoms with Crippen LogP contribution in [-0.4, -0.2) is 45.4 Å². The monoisotopic (exact) mass is 212 g/mol. The van der Waals surface area contributed by atoms with Crippen LogP contribution in [0.15, 0.2) is 6.33 Å². The second-order valence-electron chi connectivity index (χ2n) is 4.39. The Balaban J connectivity index is 2.88. The van der Waals surface area contributed by atoms with Crippen LogP contribution in [0.5, 0.6) is 0 Å². The van der Waals surface area contributed by atoms with Gasteiger partial charge in [-0.15, -0.1) is 10.2 Å². The molecule has 1 aromatic heterocycles. The third kappa shape index (κ3) is 3.00. The van der Waals surface area contributed by atoms with E-state index in [2.05, 4.69) is 28.9 Å². The minimum Gasteiger partial charge on any atom is -0.388 e. The number of rotatable bonds is 5. The molecule has 0 aliphatic heterocycles. The highest BCUT2D eigenvalue weighted by atomic mass is 16.3. The molecule has 1 atom stereocenters. The molecule has 1 aromatic rings. The summed E-state index contributed by atoms with van der Waals surface area (Å²) >= 11 is 0. The average molecular weight is 212 g/mol. The van der Waals surface area contributed by atoms with E-state index < -0.39 is 0 Å². The highest BCUT2D eigenvalue weighted by Gasteiger charge is 2.19. The van der Waals surface area contributed by atoms with E-state index in [1.54, 1.807) is 6.33 Å². The highest BCUT2D eigenvalue weighted by Crippen LogP contribution is 2.19. The maximum atomic E-state index is 9.14. The van der Waals surface area contributed by atoms with Gasteiger partial charge in [0.2, 0.25) is 0 Å². The van der Waals surface area contributed by atoms with Gasteiger partial charge >= 0.3 is 0 Å². The van der Waals surface area contributed by atoms with Gasteiger partial charge in [0.25, 0.3) is 0 Å². The van der Waals surface area contributed by atoms with E-state index in [4.69, 9.17) is 5.11 Å². The molecule has 1 rings (SSSR count). The lowest BCUT2D eigenvalue weighted by Gasteiger charge is -2.26. The van der Waals surface area contributed by atoms with Crippen molar-refractivity contribution in [1.82, 2.24) is 19.7 Å². The number of hydrogen-bond acceptors (Lipinski definition) is 4. The summed E-state index contributed by atoms with van der Waals surface area (Å²) in [5.41, 5.74) is 0. The summed E-state index contributed by atoms with van der Waals surface area (Å²) in [7, 11) is 4.08. The zero-order valence-electron chi connectivity index (χ0n) is 9.88. The Kier molecular flexibility index (Phi) is 4.23. The first kappa shape index (κ1) is 12.1. The molecule has 0 spiro atoms. The van der Waals surface area contributed by atoms with E-state index in [-0.39, 0.29) is 6.61 Å². The van der Waals surface area contributed by atoms with Crippen molar-refractivity contribution in [1.29, 1.82) is 0 Å². The summed E-state index contributed by atoms with van der Waals surface area (Å²) in [6, 6.07) is 0.303. The quantitative estimate of drug-likeness (QED) is 0.773. The van der Waals surface area contributed by atoms with E-state index in [0.29, 0.717) is 17.8 Å². The Morgan fingerprint density at radius 2 is 2.13 bits per heavy atom. The Labute approximate surface area is 90.7 Å². The smallest absolute Gasteiger partial charge is 0.158 e. The van der Waals surface area contributed by atoms with E-state index >= 15 is 0 Å². The van der Waals surface area contributed by atoms with Gasteiger partial charge < -0.3 is 14.6 Å². The molecule has 0 aliphatic rings. The molecular weight excluding hydrogens is 192 g/mol. The highest BCUT2D eigenvalue weighted by molar-refractivity contribution is 4.89. The van der Waals surface area contributed by atoms with E-state index in [1.807, 2.05) is 18.7 Å². The van der Waals surface area contributed by atoms with Crippen molar-refractivity contribution in [2.24, 2.45) is 5.92 Å². The van der Waals surface area contributed by atoms with Crippen molar-refractivity contribution >= 4 is 0 Å². The average Bonchev–Trinajstić information content (AvgIpc) is 2.60. The van der Waals surface area contributed by atoms with Crippen molar-refractivity contribution in [2.75, 3.05) is 20.6 Å². The molecule has 0 saturated carbocycles. The predicted octanol–water partition coefficient (Wildman–Crippen LogP) is 0.529. The Morgan fingerprint density at radius 3 is 2.60 bits per heavy atom. The number of aromatic nitrogens is 3. The van der Waals surface area contributed by atoms with Crippen molar-refractivity contribution in [3.05, 3.63) is 12.2 Å². The lowest BCUT2D eigenvalue weighted by molar-refractivity contribution is 0.230. The molecule has 0 fully saturated rings. The molecule has 0 radical (unpaired) electrons. The summed E-state index contributed by atoms with van der Waals surface area (Å²) in [5.74, 6) is 1.12. The topological polar surface area (TPSA) is 54.2 Å². The fourth-order valence-corrected chi connectivity index (χ4v) is 1.65. The lowest BCUT2D eigenvalue weighted by atomic mass is 10.0. The Bertz CT molecular complexity index is 295. The first-order valence-electron chi connectivity index (χ1n) is 5.20. The van der Waals surface area contributed by atoms with E-state index in [9.17, 15) is 0 Å². The van der Waals surface area contributed by atoms with Gasteiger partial charge in [0.1, 0.15) is 12.9 Å². The van der Waals surface area contributed by atoms with Crippen LogP contribution < -0.4 is 0 Å². The lowest BCUT2D eigenvalue weighted by Crippen LogP contribution is -2.29. The first-order chi connectivity index (χ1) is 7.06. The van der Waals surface area contributed by atoms with Crippen molar-refractivity contribution in [3.63, 3.8) is 0 Å². The zero-order chi connectivity index (χ0) is 11.4. The second-order valence-corrected chi connectivity index (χ2v) is 4.39. The summed E-state index contributed by atoms with van der Waals surface area (Å²) in [5, 5.41) is 16.9. The largest absolute Gasteiger partial charge is 0.388 e. The van der Waals surface area contributed by atoms with Crippen molar-refractivity contribution < 1.29 is 5.11 Å². The Hall–Kier alpha value is -0.940. The fraction of sp³-hybridized carbons (Fsp3) is 0.800. The van der Waals surface area contributed by atoms with Crippen LogP contribution in [0.1, 0.15) is 25.7 Å². The molecule has 15 heavy (non-hydrogen) atoms. The number of aliphatic hydroxyl groups excluding tert-OH is 1. The van der Waals surface area contributed by atoms with Gasteiger partial charge in [-0.25, -0.2) is 0 Å². The summed E-state index contributed by atoms with van der Waals surface area (Å²) in [6.07, 6.45) is 1.69.